The molecule has 4 aliphatic rings. The summed E-state index contributed by atoms with van der Waals surface area (Å²) in [4.78, 5) is 2.26. The highest BCUT2D eigenvalue weighted by atomic mass is 16.5. The van der Waals surface area contributed by atoms with Crippen molar-refractivity contribution in [1.82, 2.24) is 0 Å². The lowest BCUT2D eigenvalue weighted by atomic mass is 9.34. The molecule has 0 saturated carbocycles. The molecule has 0 radical (unpaired) electrons. The maximum Gasteiger partial charge on any atom is 0.260 e. The molecule has 3 heterocycles. The average molecular weight is 576 g/mol. The van der Waals surface area contributed by atoms with Crippen LogP contribution in [0.15, 0.2) is 91.0 Å². The minimum absolute atomic E-state index is 0.0249. The van der Waals surface area contributed by atoms with Gasteiger partial charge < -0.3 is 19.1 Å². The second-order valence-electron chi connectivity index (χ2n) is 14.1. The van der Waals surface area contributed by atoms with Gasteiger partial charge >= 0.3 is 0 Å². The Kier molecular flexibility index (Phi) is 5.12. The SMILES string of the molecule is Cc1ccc2c(c1)B1c3cc4c(cc3Oc3cc(N5c6ccccc6Oc6ccccc65)cc(c31)O2)C(C)(C)CCC4(C)C. The fourth-order valence-corrected chi connectivity index (χ4v) is 7.78. The van der Waals surface area contributed by atoms with E-state index in [1.165, 1.54) is 34.0 Å². The van der Waals surface area contributed by atoms with Gasteiger partial charge in [0.2, 0.25) is 0 Å². The predicted octanol–water partition coefficient (Wildman–Crippen LogP) is 8.65. The van der Waals surface area contributed by atoms with E-state index in [1.54, 1.807) is 0 Å². The van der Waals surface area contributed by atoms with Gasteiger partial charge in [0.25, 0.3) is 6.71 Å². The van der Waals surface area contributed by atoms with Gasteiger partial charge in [-0.25, -0.2) is 0 Å². The van der Waals surface area contributed by atoms with Crippen LogP contribution in [0.5, 0.6) is 34.5 Å². The third-order valence-electron chi connectivity index (χ3n) is 10.3. The van der Waals surface area contributed by atoms with Crippen molar-refractivity contribution >= 4 is 40.2 Å². The van der Waals surface area contributed by atoms with Crippen LogP contribution in [0.3, 0.4) is 0 Å². The molecule has 5 aromatic rings. The third-order valence-corrected chi connectivity index (χ3v) is 10.3. The zero-order valence-electron chi connectivity index (χ0n) is 25.8. The summed E-state index contributed by atoms with van der Waals surface area (Å²) in [7, 11) is 0. The molecule has 0 atom stereocenters. The van der Waals surface area contributed by atoms with Gasteiger partial charge in [-0.15, -0.1) is 0 Å². The molecule has 5 heteroatoms. The van der Waals surface area contributed by atoms with E-state index in [1.807, 2.05) is 24.3 Å². The van der Waals surface area contributed by atoms with Gasteiger partial charge in [0, 0.05) is 17.6 Å². The van der Waals surface area contributed by atoms with Crippen molar-refractivity contribution < 1.29 is 14.2 Å². The molecule has 0 bridgehead atoms. The highest BCUT2D eigenvalue weighted by molar-refractivity contribution is 6.98. The summed E-state index contributed by atoms with van der Waals surface area (Å²) < 4.78 is 20.0. The van der Waals surface area contributed by atoms with Crippen molar-refractivity contribution in [3.05, 3.63) is 108 Å². The van der Waals surface area contributed by atoms with Crippen LogP contribution < -0.4 is 35.5 Å². The number of fused-ring (bicyclic) bond motifs is 7. The summed E-state index contributed by atoms with van der Waals surface area (Å²) in [5.41, 5.74) is 10.7. The van der Waals surface area contributed by atoms with E-state index in [9.17, 15) is 0 Å². The van der Waals surface area contributed by atoms with E-state index in [2.05, 4.69) is 106 Å². The van der Waals surface area contributed by atoms with Crippen molar-refractivity contribution in [3.63, 3.8) is 0 Å². The number of rotatable bonds is 1. The standard InChI is InChI=1S/C39H34BNO3/c1-23-14-15-31-27(18-23)40-28-21-25-26(39(4,5)17-16-38(25,2)3)22-34(28)44-36-20-24(19-35(42-31)37(36)40)41-29-10-6-8-12-32(29)43-33-13-9-7-11-30(33)41/h6-15,18-22H,16-17H2,1-5H3. The third kappa shape index (κ3) is 3.59. The fraction of sp³-hybridized carbons (Fsp3) is 0.231. The molecule has 0 amide bonds. The first-order valence-electron chi connectivity index (χ1n) is 15.7. The minimum Gasteiger partial charge on any atom is -0.458 e. The van der Waals surface area contributed by atoms with Gasteiger partial charge in [-0.1, -0.05) is 75.7 Å². The molecule has 0 saturated heterocycles. The van der Waals surface area contributed by atoms with Gasteiger partial charge in [-0.3, -0.25) is 0 Å². The topological polar surface area (TPSA) is 30.9 Å². The number of benzene rings is 5. The van der Waals surface area contributed by atoms with E-state index < -0.39 is 0 Å². The fourth-order valence-electron chi connectivity index (χ4n) is 7.78. The summed E-state index contributed by atoms with van der Waals surface area (Å²) in [6.07, 6.45) is 2.33. The molecule has 0 unspecified atom stereocenters. The van der Waals surface area contributed by atoms with Crippen LogP contribution in [0.2, 0.25) is 0 Å². The maximum absolute atomic E-state index is 6.97. The second-order valence-corrected chi connectivity index (χ2v) is 14.1. The molecule has 0 spiro atoms. The van der Waals surface area contributed by atoms with Crippen LogP contribution in [0.1, 0.15) is 57.2 Å². The Labute approximate surface area is 259 Å². The van der Waals surface area contributed by atoms with Gasteiger partial charge in [-0.2, -0.15) is 0 Å². The Morgan fingerprint density at radius 3 is 1.77 bits per heavy atom. The summed E-state index contributed by atoms with van der Waals surface area (Å²) in [5.74, 6) is 5.18. The molecule has 1 aliphatic carbocycles. The molecule has 9 rings (SSSR count). The van der Waals surface area contributed by atoms with Crippen LogP contribution in [-0.2, 0) is 10.8 Å². The Bertz CT molecular complexity index is 2000. The monoisotopic (exact) mass is 575 g/mol. The first kappa shape index (κ1) is 25.8. The molecule has 216 valence electrons. The Morgan fingerprint density at radius 1 is 0.568 bits per heavy atom. The Balaban J connectivity index is 1.30. The van der Waals surface area contributed by atoms with E-state index >= 15 is 0 Å². The average Bonchev–Trinajstić information content (AvgIpc) is 3.01. The van der Waals surface area contributed by atoms with Crippen LogP contribution in [0.25, 0.3) is 0 Å². The molecule has 0 aromatic heterocycles. The van der Waals surface area contributed by atoms with Crippen molar-refractivity contribution in [1.29, 1.82) is 0 Å². The minimum atomic E-state index is 0.0249. The van der Waals surface area contributed by atoms with Gasteiger partial charge in [0.15, 0.2) is 11.5 Å². The van der Waals surface area contributed by atoms with E-state index in [-0.39, 0.29) is 17.5 Å². The highest BCUT2D eigenvalue weighted by Crippen LogP contribution is 2.52. The normalized spacial score (nSPS) is 17.4. The molecule has 3 aliphatic heterocycles. The summed E-state index contributed by atoms with van der Waals surface area (Å²) in [6, 6.07) is 32.1. The molecule has 0 N–H and O–H groups in total. The first-order valence-corrected chi connectivity index (χ1v) is 15.7. The van der Waals surface area contributed by atoms with Crippen LogP contribution in [0, 0.1) is 6.92 Å². The smallest absolute Gasteiger partial charge is 0.260 e. The lowest BCUT2D eigenvalue weighted by molar-refractivity contribution is 0.330. The largest absolute Gasteiger partial charge is 0.458 e. The molecular weight excluding hydrogens is 541 g/mol. The number of aryl methyl sites for hydroxylation is 1. The van der Waals surface area contributed by atoms with Crippen LogP contribution in [-0.4, -0.2) is 6.71 Å². The number of anilines is 3. The Morgan fingerprint density at radius 2 is 1.11 bits per heavy atom. The first-order chi connectivity index (χ1) is 21.2. The molecule has 5 aromatic carbocycles. The number of para-hydroxylation sites is 4. The van der Waals surface area contributed by atoms with Crippen molar-refractivity contribution in [3.8, 4) is 34.5 Å². The summed E-state index contributed by atoms with van der Waals surface area (Å²) >= 11 is 0. The van der Waals surface area contributed by atoms with E-state index in [0.717, 1.165) is 63.4 Å². The Hall–Kier alpha value is -4.64. The quantitative estimate of drug-likeness (QED) is 0.183. The zero-order valence-corrected chi connectivity index (χ0v) is 25.8. The van der Waals surface area contributed by atoms with Crippen molar-refractivity contribution in [2.45, 2.75) is 58.3 Å². The van der Waals surface area contributed by atoms with Gasteiger partial charge in [0.05, 0.1) is 17.1 Å². The highest BCUT2D eigenvalue weighted by Gasteiger charge is 2.45. The second kappa shape index (κ2) is 8.72. The summed E-state index contributed by atoms with van der Waals surface area (Å²) in [6.45, 7) is 11.7. The van der Waals surface area contributed by atoms with Crippen LogP contribution in [0.4, 0.5) is 17.1 Å². The summed E-state index contributed by atoms with van der Waals surface area (Å²) in [5, 5.41) is 0. The van der Waals surface area contributed by atoms with Gasteiger partial charge in [0.1, 0.15) is 23.0 Å². The number of hydrogen-bond donors (Lipinski definition) is 0. The van der Waals surface area contributed by atoms with E-state index in [0.29, 0.717) is 0 Å². The number of ether oxygens (including phenoxy) is 3. The van der Waals surface area contributed by atoms with E-state index in [4.69, 9.17) is 14.2 Å². The lowest BCUT2D eigenvalue weighted by Crippen LogP contribution is -2.58. The molecule has 4 nitrogen and oxygen atoms in total. The van der Waals surface area contributed by atoms with Crippen molar-refractivity contribution in [2.75, 3.05) is 4.90 Å². The van der Waals surface area contributed by atoms with Gasteiger partial charge in [-0.05, 0) is 89.0 Å². The zero-order chi connectivity index (χ0) is 30.0. The molecule has 44 heavy (non-hydrogen) atoms. The lowest BCUT2D eigenvalue weighted by Gasteiger charge is -2.43. The van der Waals surface area contributed by atoms with Crippen LogP contribution >= 0.6 is 0 Å². The van der Waals surface area contributed by atoms with Crippen molar-refractivity contribution in [2.24, 2.45) is 0 Å². The molecular formula is C39H34BNO3. The number of nitrogens with zero attached hydrogens (tertiary/aromatic N) is 1. The maximum atomic E-state index is 6.97. The predicted molar refractivity (Wildman–Crippen MR) is 179 cm³/mol. The molecule has 0 fully saturated rings. The number of hydrogen-bond acceptors (Lipinski definition) is 4.